The Morgan fingerprint density at radius 1 is 0.963 bits per heavy atom. The standard InChI is InChI=1S/C18H18N6O2S/c19-17-22-15(23-18(20)24-17)10-27-11-16(25)21-13-8-4-5-9-14(13)26-12-6-2-1-3-7-12/h1-9H,10-11H2,(H,21,25)(H4,19,20,22,23,24). The Bertz CT molecular complexity index is 902. The minimum atomic E-state index is -0.167. The molecule has 3 rings (SSSR count). The Labute approximate surface area is 160 Å². The van der Waals surface area contributed by atoms with Gasteiger partial charge in [0.05, 0.1) is 17.2 Å². The summed E-state index contributed by atoms with van der Waals surface area (Å²) in [6.45, 7) is 0. The van der Waals surface area contributed by atoms with E-state index >= 15 is 0 Å². The maximum atomic E-state index is 12.3. The molecule has 0 radical (unpaired) electrons. The number of nitrogen functional groups attached to an aromatic ring is 2. The number of carbonyl (C=O) groups is 1. The fourth-order valence-corrected chi connectivity index (χ4v) is 2.89. The number of thioether (sulfide) groups is 1. The quantitative estimate of drug-likeness (QED) is 0.569. The van der Waals surface area contributed by atoms with Crippen molar-refractivity contribution in [2.75, 3.05) is 22.5 Å². The number of hydrogen-bond donors (Lipinski definition) is 3. The maximum absolute atomic E-state index is 12.3. The van der Waals surface area contributed by atoms with Gasteiger partial charge < -0.3 is 21.5 Å². The second-order valence-electron chi connectivity index (χ2n) is 5.42. The zero-order valence-electron chi connectivity index (χ0n) is 14.3. The smallest absolute Gasteiger partial charge is 0.234 e. The molecule has 3 aromatic rings. The van der Waals surface area contributed by atoms with E-state index in [0.29, 0.717) is 28.8 Å². The van der Waals surface area contributed by atoms with Gasteiger partial charge in [0, 0.05) is 0 Å². The monoisotopic (exact) mass is 382 g/mol. The van der Waals surface area contributed by atoms with Crippen molar-refractivity contribution in [3.63, 3.8) is 0 Å². The van der Waals surface area contributed by atoms with Crippen LogP contribution in [0.4, 0.5) is 17.6 Å². The lowest BCUT2D eigenvalue weighted by Gasteiger charge is -2.12. The van der Waals surface area contributed by atoms with Gasteiger partial charge in [-0.1, -0.05) is 30.3 Å². The van der Waals surface area contributed by atoms with Crippen molar-refractivity contribution in [3.05, 3.63) is 60.4 Å². The number of carbonyl (C=O) groups excluding carboxylic acids is 1. The predicted molar refractivity (Wildman–Crippen MR) is 106 cm³/mol. The Morgan fingerprint density at radius 3 is 2.37 bits per heavy atom. The predicted octanol–water partition coefficient (Wildman–Crippen LogP) is 2.70. The van der Waals surface area contributed by atoms with Crippen LogP contribution in [0.15, 0.2) is 54.6 Å². The minimum absolute atomic E-state index is 0.0644. The topological polar surface area (TPSA) is 129 Å². The molecular weight excluding hydrogens is 364 g/mol. The zero-order valence-corrected chi connectivity index (χ0v) is 15.1. The molecule has 0 aliphatic heterocycles. The fraction of sp³-hybridized carbons (Fsp3) is 0.111. The lowest BCUT2D eigenvalue weighted by atomic mass is 10.3. The third-order valence-corrected chi connectivity index (χ3v) is 4.24. The number of anilines is 3. The van der Waals surface area contributed by atoms with Crippen molar-refractivity contribution in [3.8, 4) is 11.5 Å². The average molecular weight is 382 g/mol. The Balaban J connectivity index is 1.56. The third-order valence-electron chi connectivity index (χ3n) is 3.31. The van der Waals surface area contributed by atoms with Crippen molar-refractivity contribution in [2.24, 2.45) is 0 Å². The number of aromatic nitrogens is 3. The van der Waals surface area contributed by atoms with E-state index in [2.05, 4.69) is 20.3 Å². The maximum Gasteiger partial charge on any atom is 0.234 e. The number of nitrogens with zero attached hydrogens (tertiary/aromatic N) is 3. The molecule has 1 amide bonds. The lowest BCUT2D eigenvalue weighted by molar-refractivity contribution is -0.113. The molecular formula is C18H18N6O2S. The number of ether oxygens (including phenoxy) is 1. The van der Waals surface area contributed by atoms with Crippen LogP contribution in [-0.2, 0) is 10.5 Å². The van der Waals surface area contributed by atoms with Crippen molar-refractivity contribution in [1.82, 2.24) is 15.0 Å². The Kier molecular flexibility index (Phi) is 6.06. The molecule has 138 valence electrons. The molecule has 1 aromatic heterocycles. The first-order chi connectivity index (χ1) is 13.1. The molecule has 9 heteroatoms. The zero-order chi connectivity index (χ0) is 19.1. The number of hydrogen-bond acceptors (Lipinski definition) is 8. The van der Waals surface area contributed by atoms with E-state index in [4.69, 9.17) is 16.2 Å². The van der Waals surface area contributed by atoms with Crippen molar-refractivity contribution in [2.45, 2.75) is 5.75 Å². The van der Waals surface area contributed by atoms with Crippen molar-refractivity contribution >= 4 is 35.3 Å². The third kappa shape index (κ3) is 5.58. The van der Waals surface area contributed by atoms with Crippen molar-refractivity contribution in [1.29, 1.82) is 0 Å². The summed E-state index contributed by atoms with van der Waals surface area (Å²) >= 11 is 1.34. The molecule has 0 spiro atoms. The minimum Gasteiger partial charge on any atom is -0.455 e. The highest BCUT2D eigenvalue weighted by Crippen LogP contribution is 2.29. The van der Waals surface area contributed by atoms with Crippen molar-refractivity contribution < 1.29 is 9.53 Å². The molecule has 0 unspecified atom stereocenters. The van der Waals surface area contributed by atoms with E-state index in [1.54, 1.807) is 12.1 Å². The van der Waals surface area contributed by atoms with E-state index in [-0.39, 0.29) is 23.6 Å². The van der Waals surface area contributed by atoms with Gasteiger partial charge in [-0.25, -0.2) is 0 Å². The van der Waals surface area contributed by atoms with Crippen LogP contribution >= 0.6 is 11.8 Å². The Hall–Kier alpha value is -3.33. The summed E-state index contributed by atoms with van der Waals surface area (Å²) in [5.74, 6) is 2.27. The second-order valence-corrected chi connectivity index (χ2v) is 6.41. The first kappa shape index (κ1) is 18.5. The summed E-state index contributed by atoms with van der Waals surface area (Å²) < 4.78 is 5.83. The van der Waals surface area contributed by atoms with Crippen LogP contribution < -0.4 is 21.5 Å². The normalized spacial score (nSPS) is 10.4. The van der Waals surface area contributed by atoms with E-state index < -0.39 is 0 Å². The van der Waals surface area contributed by atoms with Gasteiger partial charge in [-0.3, -0.25) is 4.79 Å². The van der Waals surface area contributed by atoms with Gasteiger partial charge in [0.15, 0.2) is 5.75 Å². The van der Waals surface area contributed by atoms with Gasteiger partial charge in [0.25, 0.3) is 0 Å². The van der Waals surface area contributed by atoms with Crippen LogP contribution in [0.3, 0.4) is 0 Å². The Morgan fingerprint density at radius 2 is 1.63 bits per heavy atom. The van der Waals surface area contributed by atoms with Crippen LogP contribution in [-0.4, -0.2) is 26.6 Å². The number of rotatable bonds is 7. The number of para-hydroxylation sites is 3. The van der Waals surface area contributed by atoms with Crippen LogP contribution in [0.2, 0.25) is 0 Å². The van der Waals surface area contributed by atoms with E-state index in [1.807, 2.05) is 42.5 Å². The van der Waals surface area contributed by atoms with Gasteiger partial charge in [-0.05, 0) is 24.3 Å². The summed E-state index contributed by atoms with van der Waals surface area (Å²) in [6.07, 6.45) is 0. The lowest BCUT2D eigenvalue weighted by Crippen LogP contribution is -2.15. The molecule has 0 bridgehead atoms. The van der Waals surface area contributed by atoms with Crippen LogP contribution in [0.5, 0.6) is 11.5 Å². The molecule has 0 atom stereocenters. The van der Waals surface area contributed by atoms with Gasteiger partial charge in [-0.2, -0.15) is 15.0 Å². The van der Waals surface area contributed by atoms with E-state index in [0.717, 1.165) is 0 Å². The van der Waals surface area contributed by atoms with Gasteiger partial charge in [-0.15, -0.1) is 11.8 Å². The SMILES string of the molecule is Nc1nc(N)nc(CSCC(=O)Nc2ccccc2Oc2ccccc2)n1. The second kappa shape index (κ2) is 8.86. The summed E-state index contributed by atoms with van der Waals surface area (Å²) in [5, 5.41) is 2.85. The molecule has 0 saturated heterocycles. The number of nitrogens with one attached hydrogen (secondary N) is 1. The van der Waals surface area contributed by atoms with E-state index in [9.17, 15) is 4.79 Å². The highest BCUT2D eigenvalue weighted by Gasteiger charge is 2.10. The molecule has 1 heterocycles. The van der Waals surface area contributed by atoms with Gasteiger partial charge in [0.1, 0.15) is 11.6 Å². The van der Waals surface area contributed by atoms with Crippen LogP contribution in [0.25, 0.3) is 0 Å². The highest BCUT2D eigenvalue weighted by molar-refractivity contribution is 7.99. The molecule has 0 aliphatic carbocycles. The number of benzene rings is 2. The van der Waals surface area contributed by atoms with Gasteiger partial charge in [0.2, 0.25) is 17.8 Å². The highest BCUT2D eigenvalue weighted by atomic mass is 32.2. The summed E-state index contributed by atoms with van der Waals surface area (Å²) in [7, 11) is 0. The average Bonchev–Trinajstić information content (AvgIpc) is 2.63. The molecule has 8 nitrogen and oxygen atoms in total. The summed E-state index contributed by atoms with van der Waals surface area (Å²) in [5.41, 5.74) is 11.7. The summed E-state index contributed by atoms with van der Waals surface area (Å²) in [6, 6.07) is 16.6. The number of amides is 1. The van der Waals surface area contributed by atoms with Gasteiger partial charge >= 0.3 is 0 Å². The first-order valence-electron chi connectivity index (χ1n) is 8.05. The largest absolute Gasteiger partial charge is 0.455 e. The molecule has 0 saturated carbocycles. The van der Waals surface area contributed by atoms with Crippen LogP contribution in [0, 0.1) is 0 Å². The van der Waals surface area contributed by atoms with Crippen LogP contribution in [0.1, 0.15) is 5.82 Å². The molecule has 0 aliphatic rings. The molecule has 27 heavy (non-hydrogen) atoms. The van der Waals surface area contributed by atoms with E-state index in [1.165, 1.54) is 11.8 Å². The molecule has 0 fully saturated rings. The molecule has 5 N–H and O–H groups in total. The fourth-order valence-electron chi connectivity index (χ4n) is 2.22. The summed E-state index contributed by atoms with van der Waals surface area (Å²) in [4.78, 5) is 23.9. The molecule has 2 aromatic carbocycles. The first-order valence-corrected chi connectivity index (χ1v) is 9.21. The number of nitrogens with two attached hydrogens (primary N) is 2.